The largest absolute Gasteiger partial charge is 0.193 e. The minimum Gasteiger partial charge on any atom is -0.193 e. The molecule has 0 bridgehead atoms. The Kier molecular flexibility index (Phi) is 1.71. The van der Waals surface area contributed by atoms with Crippen LogP contribution < -0.4 is 0 Å². The molecule has 13 heavy (non-hydrogen) atoms. The van der Waals surface area contributed by atoms with Crippen LogP contribution in [0.15, 0.2) is 23.3 Å². The van der Waals surface area contributed by atoms with Gasteiger partial charge in [-0.25, -0.2) is 0 Å². The average molecular weight is 170 g/mol. The van der Waals surface area contributed by atoms with E-state index in [9.17, 15) is 0 Å². The molecule has 0 aliphatic heterocycles. The van der Waals surface area contributed by atoms with E-state index in [1.54, 1.807) is 0 Å². The van der Waals surface area contributed by atoms with Gasteiger partial charge in [0.2, 0.25) is 0 Å². The maximum atomic E-state index is 8.87. The van der Waals surface area contributed by atoms with Crippen molar-refractivity contribution in [2.45, 2.75) is 13.3 Å². The van der Waals surface area contributed by atoms with Crippen molar-refractivity contribution in [2.75, 3.05) is 0 Å². The zero-order valence-corrected chi connectivity index (χ0v) is 7.49. The molecule has 0 aromatic carbocycles. The van der Waals surface area contributed by atoms with Crippen molar-refractivity contribution >= 4 is 0 Å². The Morgan fingerprint density at radius 3 is 2.00 bits per heavy atom. The fourth-order valence-electron chi connectivity index (χ4n) is 2.24. The van der Waals surface area contributed by atoms with Crippen LogP contribution in [-0.2, 0) is 0 Å². The molecule has 1 fully saturated rings. The number of allylic oxidation sites excluding steroid dienone is 4. The van der Waals surface area contributed by atoms with Gasteiger partial charge >= 0.3 is 0 Å². The maximum Gasteiger partial charge on any atom is 0.0947 e. The Morgan fingerprint density at radius 1 is 1.15 bits per heavy atom. The van der Waals surface area contributed by atoms with Gasteiger partial charge in [0.1, 0.15) is 0 Å². The van der Waals surface area contributed by atoms with Gasteiger partial charge in [0, 0.05) is 23.0 Å². The lowest BCUT2D eigenvalue weighted by molar-refractivity contribution is 0.856. The summed E-state index contributed by atoms with van der Waals surface area (Å²) in [5.74, 6) is 1.15. The number of nitrogens with zero attached hydrogens (tertiary/aromatic N) is 2. The molecule has 0 amide bonds. The van der Waals surface area contributed by atoms with Crippen molar-refractivity contribution in [3.8, 4) is 12.1 Å². The van der Waals surface area contributed by atoms with E-state index in [1.807, 2.05) is 12.2 Å². The number of hydrogen-bond acceptors (Lipinski definition) is 2. The van der Waals surface area contributed by atoms with Crippen molar-refractivity contribution in [1.29, 1.82) is 10.5 Å². The molecule has 0 saturated heterocycles. The Labute approximate surface area is 77.8 Å². The highest BCUT2D eigenvalue weighted by Gasteiger charge is 2.51. The zero-order chi connectivity index (χ0) is 9.42. The molecule has 0 radical (unpaired) electrons. The Hall–Kier alpha value is -1.54. The minimum absolute atomic E-state index is 0.332. The second-order valence-corrected chi connectivity index (χ2v) is 3.69. The summed E-state index contributed by atoms with van der Waals surface area (Å²) < 4.78 is 0. The summed E-state index contributed by atoms with van der Waals surface area (Å²) >= 11 is 0. The predicted molar refractivity (Wildman–Crippen MR) is 48.2 cm³/mol. The molecular formula is C11H10N2. The molecule has 0 aromatic rings. The van der Waals surface area contributed by atoms with E-state index in [2.05, 4.69) is 19.1 Å². The molecule has 2 aliphatic rings. The second-order valence-electron chi connectivity index (χ2n) is 3.69. The molecule has 64 valence electrons. The van der Waals surface area contributed by atoms with Gasteiger partial charge in [0.05, 0.1) is 12.1 Å². The molecule has 2 rings (SSSR count). The van der Waals surface area contributed by atoms with Gasteiger partial charge in [-0.2, -0.15) is 10.5 Å². The van der Waals surface area contributed by atoms with Crippen LogP contribution in [0, 0.1) is 40.4 Å². The van der Waals surface area contributed by atoms with Crippen LogP contribution >= 0.6 is 0 Å². The predicted octanol–water partition coefficient (Wildman–Crippen LogP) is 2.17. The smallest absolute Gasteiger partial charge is 0.0947 e. The van der Waals surface area contributed by atoms with Crippen molar-refractivity contribution in [2.24, 2.45) is 17.8 Å². The molecule has 0 aromatic heterocycles. The number of fused-ring (bicyclic) bond motifs is 1. The summed E-state index contributed by atoms with van der Waals surface area (Å²) in [5.41, 5.74) is 1.75. The summed E-state index contributed by atoms with van der Waals surface area (Å²) in [7, 11) is 0. The third kappa shape index (κ3) is 1.07. The summed E-state index contributed by atoms with van der Waals surface area (Å²) in [5, 5.41) is 17.7. The SMILES string of the molecule is CC1C2C(C#N)=CCC=C(C#N)C12. The quantitative estimate of drug-likeness (QED) is 0.559. The van der Waals surface area contributed by atoms with Gasteiger partial charge in [-0.3, -0.25) is 0 Å². The average Bonchev–Trinajstić information content (AvgIpc) is 2.83. The summed E-state index contributed by atoms with van der Waals surface area (Å²) in [6.45, 7) is 2.11. The third-order valence-corrected chi connectivity index (χ3v) is 3.03. The van der Waals surface area contributed by atoms with Gasteiger partial charge in [-0.1, -0.05) is 19.1 Å². The van der Waals surface area contributed by atoms with Gasteiger partial charge in [0.25, 0.3) is 0 Å². The van der Waals surface area contributed by atoms with Crippen LogP contribution in [0.2, 0.25) is 0 Å². The van der Waals surface area contributed by atoms with Crippen LogP contribution in [0.25, 0.3) is 0 Å². The molecule has 0 N–H and O–H groups in total. The van der Waals surface area contributed by atoms with E-state index in [0.717, 1.165) is 17.6 Å². The topological polar surface area (TPSA) is 47.6 Å². The zero-order valence-electron chi connectivity index (χ0n) is 7.49. The minimum atomic E-state index is 0.332. The van der Waals surface area contributed by atoms with Crippen LogP contribution in [0.4, 0.5) is 0 Å². The van der Waals surface area contributed by atoms with Crippen molar-refractivity contribution < 1.29 is 0 Å². The first kappa shape index (κ1) is 8.08. The van der Waals surface area contributed by atoms with Crippen LogP contribution in [0.3, 0.4) is 0 Å². The van der Waals surface area contributed by atoms with Crippen LogP contribution in [0.5, 0.6) is 0 Å². The Bertz CT molecular complexity index is 340. The van der Waals surface area contributed by atoms with Gasteiger partial charge in [0.15, 0.2) is 0 Å². The summed E-state index contributed by atoms with van der Waals surface area (Å²) in [4.78, 5) is 0. The number of nitriles is 2. The molecule has 1 saturated carbocycles. The monoisotopic (exact) mass is 170 g/mol. The lowest BCUT2D eigenvalue weighted by Crippen LogP contribution is -1.86. The first-order chi connectivity index (χ1) is 6.29. The highest BCUT2D eigenvalue weighted by atomic mass is 14.5. The van der Waals surface area contributed by atoms with Crippen LogP contribution in [0.1, 0.15) is 13.3 Å². The van der Waals surface area contributed by atoms with Crippen molar-refractivity contribution in [1.82, 2.24) is 0 Å². The third-order valence-electron chi connectivity index (χ3n) is 3.03. The Morgan fingerprint density at radius 2 is 1.62 bits per heavy atom. The van der Waals surface area contributed by atoms with Gasteiger partial charge in [-0.05, 0) is 12.3 Å². The standard InChI is InChI=1S/C11H10N2/c1-7-10-8(5-12)3-2-4-9(6-13)11(7)10/h3-4,7,10-11H,2H2,1H3. The van der Waals surface area contributed by atoms with Gasteiger partial charge in [-0.15, -0.1) is 0 Å². The van der Waals surface area contributed by atoms with E-state index in [-0.39, 0.29) is 0 Å². The normalized spacial score (nSPS) is 35.8. The highest BCUT2D eigenvalue weighted by molar-refractivity contribution is 5.43. The van der Waals surface area contributed by atoms with E-state index < -0.39 is 0 Å². The van der Waals surface area contributed by atoms with Crippen molar-refractivity contribution in [3.63, 3.8) is 0 Å². The molecule has 2 nitrogen and oxygen atoms in total. The number of hydrogen-bond donors (Lipinski definition) is 0. The summed E-state index contributed by atoms with van der Waals surface area (Å²) in [6, 6.07) is 4.46. The lowest BCUT2D eigenvalue weighted by Gasteiger charge is -1.90. The van der Waals surface area contributed by atoms with Gasteiger partial charge < -0.3 is 0 Å². The molecule has 0 heterocycles. The Balaban J connectivity index is 2.31. The first-order valence-electron chi connectivity index (χ1n) is 4.50. The van der Waals surface area contributed by atoms with E-state index in [4.69, 9.17) is 10.5 Å². The van der Waals surface area contributed by atoms with E-state index in [1.165, 1.54) is 0 Å². The first-order valence-corrected chi connectivity index (χ1v) is 4.50. The van der Waals surface area contributed by atoms with E-state index in [0.29, 0.717) is 17.8 Å². The van der Waals surface area contributed by atoms with Crippen LogP contribution in [-0.4, -0.2) is 0 Å². The fraction of sp³-hybridized carbons (Fsp3) is 0.455. The van der Waals surface area contributed by atoms with Crippen molar-refractivity contribution in [3.05, 3.63) is 23.3 Å². The second kappa shape index (κ2) is 2.75. The fourth-order valence-corrected chi connectivity index (χ4v) is 2.24. The molecular weight excluding hydrogens is 160 g/mol. The molecule has 2 atom stereocenters. The summed E-state index contributed by atoms with van der Waals surface area (Å²) in [6.07, 6.45) is 4.64. The lowest BCUT2D eigenvalue weighted by atomic mass is 10.1. The molecule has 2 heteroatoms. The molecule has 2 unspecified atom stereocenters. The molecule has 2 aliphatic carbocycles. The highest BCUT2D eigenvalue weighted by Crippen LogP contribution is 2.55. The molecule has 0 spiro atoms. The van der Waals surface area contributed by atoms with E-state index >= 15 is 0 Å². The number of rotatable bonds is 0. The maximum absolute atomic E-state index is 8.87.